The number of nitrogens with zero attached hydrogens (tertiary/aromatic N) is 1. The van der Waals surface area contributed by atoms with Crippen molar-refractivity contribution in [3.8, 4) is 0 Å². The molecule has 0 radical (unpaired) electrons. The minimum Gasteiger partial charge on any atom is -0.341 e. The van der Waals surface area contributed by atoms with Gasteiger partial charge in [0.2, 0.25) is 5.91 Å². The van der Waals surface area contributed by atoms with Crippen LogP contribution in [0.5, 0.6) is 0 Å². The van der Waals surface area contributed by atoms with Crippen molar-refractivity contribution in [2.75, 3.05) is 7.05 Å². The molecule has 0 N–H and O–H groups in total. The number of carbonyl (C=O) groups excluding carboxylic acids is 1. The maximum absolute atomic E-state index is 11.7. The van der Waals surface area contributed by atoms with Gasteiger partial charge in [-0.25, -0.2) is 0 Å². The van der Waals surface area contributed by atoms with E-state index < -0.39 is 0 Å². The van der Waals surface area contributed by atoms with Gasteiger partial charge in [-0.15, -0.1) is 0 Å². The van der Waals surface area contributed by atoms with E-state index in [-0.39, 0.29) is 11.8 Å². The number of likely N-dealkylation sites (N-methyl/N-ethyl adjacent to an activating group) is 1. The molecule has 0 saturated heterocycles. The standard InChI is InChI=1S/C11H12BrNO/c1-7-8-4-3-5-10(12)9(8)6-13(2)11(7)14/h3-5,7H,6H2,1-2H3. The molecule has 1 unspecified atom stereocenters. The summed E-state index contributed by atoms with van der Waals surface area (Å²) >= 11 is 3.52. The molecule has 3 heteroatoms. The zero-order chi connectivity index (χ0) is 10.3. The van der Waals surface area contributed by atoms with Gasteiger partial charge in [-0.3, -0.25) is 4.79 Å². The molecular weight excluding hydrogens is 242 g/mol. The summed E-state index contributed by atoms with van der Waals surface area (Å²) in [5.74, 6) is 0.192. The number of amides is 1. The van der Waals surface area contributed by atoms with Crippen LogP contribution in [0.3, 0.4) is 0 Å². The monoisotopic (exact) mass is 253 g/mol. The van der Waals surface area contributed by atoms with Crippen molar-refractivity contribution in [3.05, 3.63) is 33.8 Å². The second kappa shape index (κ2) is 3.39. The summed E-state index contributed by atoms with van der Waals surface area (Å²) in [6, 6.07) is 6.04. The summed E-state index contributed by atoms with van der Waals surface area (Å²) in [7, 11) is 1.85. The van der Waals surface area contributed by atoms with Crippen molar-refractivity contribution in [1.82, 2.24) is 4.90 Å². The van der Waals surface area contributed by atoms with Crippen molar-refractivity contribution in [2.24, 2.45) is 0 Å². The van der Waals surface area contributed by atoms with Gasteiger partial charge in [0.25, 0.3) is 0 Å². The average Bonchev–Trinajstić information content (AvgIpc) is 2.17. The first-order chi connectivity index (χ1) is 6.61. The topological polar surface area (TPSA) is 20.3 Å². The molecular formula is C11H12BrNO. The minimum atomic E-state index is -0.0127. The van der Waals surface area contributed by atoms with Crippen LogP contribution in [0.2, 0.25) is 0 Å². The van der Waals surface area contributed by atoms with E-state index in [2.05, 4.69) is 15.9 Å². The Morgan fingerprint density at radius 2 is 2.21 bits per heavy atom. The molecule has 14 heavy (non-hydrogen) atoms. The molecule has 0 saturated carbocycles. The van der Waals surface area contributed by atoms with E-state index in [1.807, 2.05) is 32.2 Å². The van der Waals surface area contributed by atoms with E-state index in [0.717, 1.165) is 10.0 Å². The van der Waals surface area contributed by atoms with Crippen molar-refractivity contribution < 1.29 is 4.79 Å². The van der Waals surface area contributed by atoms with Gasteiger partial charge in [0, 0.05) is 18.1 Å². The Morgan fingerprint density at radius 1 is 1.50 bits per heavy atom. The summed E-state index contributed by atoms with van der Waals surface area (Å²) in [6.07, 6.45) is 0. The van der Waals surface area contributed by atoms with Gasteiger partial charge >= 0.3 is 0 Å². The van der Waals surface area contributed by atoms with E-state index in [0.29, 0.717) is 6.54 Å². The molecule has 0 aliphatic carbocycles. The highest BCUT2D eigenvalue weighted by atomic mass is 79.9. The van der Waals surface area contributed by atoms with Gasteiger partial charge in [0.15, 0.2) is 0 Å². The highest BCUT2D eigenvalue weighted by Crippen LogP contribution is 2.32. The van der Waals surface area contributed by atoms with Crippen LogP contribution in [0, 0.1) is 0 Å². The Morgan fingerprint density at radius 3 is 2.93 bits per heavy atom. The fourth-order valence-corrected chi connectivity index (χ4v) is 2.43. The van der Waals surface area contributed by atoms with Crippen LogP contribution in [-0.4, -0.2) is 17.9 Å². The van der Waals surface area contributed by atoms with E-state index in [1.165, 1.54) is 5.56 Å². The largest absolute Gasteiger partial charge is 0.341 e. The summed E-state index contributed by atoms with van der Waals surface area (Å²) in [5.41, 5.74) is 2.39. The fourth-order valence-electron chi connectivity index (χ4n) is 1.93. The van der Waals surface area contributed by atoms with Gasteiger partial charge in [-0.05, 0) is 24.1 Å². The zero-order valence-electron chi connectivity index (χ0n) is 8.25. The third-order valence-electron chi connectivity index (χ3n) is 2.76. The van der Waals surface area contributed by atoms with Crippen molar-refractivity contribution in [1.29, 1.82) is 0 Å². The van der Waals surface area contributed by atoms with E-state index in [9.17, 15) is 4.79 Å². The molecule has 0 bridgehead atoms. The quantitative estimate of drug-likeness (QED) is 0.696. The lowest BCUT2D eigenvalue weighted by atomic mass is 9.91. The number of hydrogen-bond acceptors (Lipinski definition) is 1. The smallest absolute Gasteiger partial charge is 0.229 e. The van der Waals surface area contributed by atoms with Gasteiger partial charge in [-0.1, -0.05) is 28.1 Å². The Hall–Kier alpha value is -0.830. The molecule has 2 nitrogen and oxygen atoms in total. The SMILES string of the molecule is CC1C(=O)N(C)Cc2c(Br)cccc21. The van der Waals surface area contributed by atoms with Gasteiger partial charge in [0.1, 0.15) is 0 Å². The number of rotatable bonds is 0. The predicted molar refractivity (Wildman–Crippen MR) is 59.0 cm³/mol. The van der Waals surface area contributed by atoms with Gasteiger partial charge < -0.3 is 4.90 Å². The Bertz CT molecular complexity index is 389. The minimum absolute atomic E-state index is 0.0127. The first-order valence-corrected chi connectivity index (χ1v) is 5.43. The predicted octanol–water partition coefficient (Wildman–Crippen LogP) is 2.52. The second-order valence-corrected chi connectivity index (χ2v) is 4.58. The summed E-state index contributed by atoms with van der Waals surface area (Å²) < 4.78 is 1.10. The van der Waals surface area contributed by atoms with Crippen molar-refractivity contribution >= 4 is 21.8 Å². The molecule has 74 valence electrons. The number of hydrogen-bond donors (Lipinski definition) is 0. The summed E-state index contributed by atoms with van der Waals surface area (Å²) in [5, 5.41) is 0. The number of fused-ring (bicyclic) bond motifs is 1. The molecule has 1 aromatic carbocycles. The number of carbonyl (C=O) groups is 1. The first kappa shape index (κ1) is 9.71. The van der Waals surface area contributed by atoms with Gasteiger partial charge in [-0.2, -0.15) is 0 Å². The molecule has 1 amide bonds. The van der Waals surface area contributed by atoms with E-state index in [4.69, 9.17) is 0 Å². The lowest BCUT2D eigenvalue weighted by molar-refractivity contribution is -0.132. The molecule has 1 atom stereocenters. The molecule has 2 rings (SSSR count). The molecule has 0 aromatic heterocycles. The zero-order valence-corrected chi connectivity index (χ0v) is 9.84. The van der Waals surface area contributed by atoms with Crippen LogP contribution in [0.25, 0.3) is 0 Å². The number of benzene rings is 1. The maximum atomic E-state index is 11.7. The fraction of sp³-hybridized carbons (Fsp3) is 0.364. The van der Waals surface area contributed by atoms with Crippen LogP contribution < -0.4 is 0 Å². The molecule has 0 spiro atoms. The maximum Gasteiger partial charge on any atom is 0.229 e. The third kappa shape index (κ3) is 1.36. The third-order valence-corrected chi connectivity index (χ3v) is 3.51. The average molecular weight is 254 g/mol. The second-order valence-electron chi connectivity index (χ2n) is 3.72. The van der Waals surface area contributed by atoms with E-state index in [1.54, 1.807) is 4.90 Å². The number of halogens is 1. The Kier molecular flexibility index (Phi) is 2.35. The van der Waals surface area contributed by atoms with Crippen LogP contribution in [-0.2, 0) is 11.3 Å². The molecule has 0 fully saturated rings. The first-order valence-electron chi connectivity index (χ1n) is 4.63. The van der Waals surface area contributed by atoms with E-state index >= 15 is 0 Å². The van der Waals surface area contributed by atoms with Crippen molar-refractivity contribution in [2.45, 2.75) is 19.4 Å². The molecule has 1 aliphatic heterocycles. The van der Waals surface area contributed by atoms with Crippen LogP contribution in [0.4, 0.5) is 0 Å². The Balaban J connectivity index is 2.56. The Labute approximate surface area is 92.0 Å². The summed E-state index contributed by atoms with van der Waals surface area (Å²) in [6.45, 7) is 2.67. The normalized spacial score (nSPS) is 20.9. The van der Waals surface area contributed by atoms with Crippen LogP contribution in [0.1, 0.15) is 24.0 Å². The van der Waals surface area contributed by atoms with Crippen molar-refractivity contribution in [3.63, 3.8) is 0 Å². The molecule has 1 aromatic rings. The van der Waals surface area contributed by atoms with Crippen LogP contribution in [0.15, 0.2) is 22.7 Å². The molecule has 1 heterocycles. The highest BCUT2D eigenvalue weighted by molar-refractivity contribution is 9.10. The van der Waals surface area contributed by atoms with Gasteiger partial charge in [0.05, 0.1) is 5.92 Å². The lowest BCUT2D eigenvalue weighted by Crippen LogP contribution is -2.35. The molecule has 1 aliphatic rings. The summed E-state index contributed by atoms with van der Waals surface area (Å²) in [4.78, 5) is 13.5. The lowest BCUT2D eigenvalue weighted by Gasteiger charge is -2.30. The van der Waals surface area contributed by atoms with Crippen LogP contribution >= 0.6 is 15.9 Å². The highest BCUT2D eigenvalue weighted by Gasteiger charge is 2.28.